The van der Waals surface area contributed by atoms with E-state index >= 15 is 0 Å². The van der Waals surface area contributed by atoms with Crippen molar-refractivity contribution in [2.75, 3.05) is 65.4 Å². The molecule has 0 unspecified atom stereocenters. The van der Waals surface area contributed by atoms with E-state index < -0.39 is 0 Å². The van der Waals surface area contributed by atoms with Gasteiger partial charge in [0.25, 0.3) is 0 Å². The minimum atomic E-state index is -0.131. The highest BCUT2D eigenvalue weighted by Gasteiger charge is 2.14. The second-order valence-electron chi connectivity index (χ2n) is 13.5. The predicted molar refractivity (Wildman–Crippen MR) is 199 cm³/mol. The molecule has 0 fully saturated rings. The van der Waals surface area contributed by atoms with Gasteiger partial charge in [-0.2, -0.15) is 0 Å². The number of nitrogens with zero attached hydrogens (tertiary/aromatic N) is 2. The maximum atomic E-state index is 13.1. The van der Waals surface area contributed by atoms with Gasteiger partial charge in [0.1, 0.15) is 0 Å². The van der Waals surface area contributed by atoms with E-state index in [9.17, 15) is 9.59 Å². The fourth-order valence-corrected chi connectivity index (χ4v) is 6.14. The van der Waals surface area contributed by atoms with E-state index in [4.69, 9.17) is 11.5 Å². The van der Waals surface area contributed by atoms with Crippen LogP contribution in [0.3, 0.4) is 0 Å². The van der Waals surface area contributed by atoms with E-state index in [-0.39, 0.29) is 24.9 Å². The van der Waals surface area contributed by atoms with Crippen LogP contribution in [0.2, 0.25) is 0 Å². The van der Waals surface area contributed by atoms with Gasteiger partial charge in [0.15, 0.2) is 0 Å². The number of carbonyl (C=O) groups excluding carboxylic acids is 2. The third-order valence-electron chi connectivity index (χ3n) is 9.13. The zero-order valence-corrected chi connectivity index (χ0v) is 30.9. The summed E-state index contributed by atoms with van der Waals surface area (Å²) in [5, 5.41) is 6.03. The smallest absolute Gasteiger partial charge is 0.241 e. The summed E-state index contributed by atoms with van der Waals surface area (Å²) in [5.41, 5.74) is 11.3. The van der Waals surface area contributed by atoms with Gasteiger partial charge in [0, 0.05) is 52.4 Å². The van der Waals surface area contributed by atoms with Crippen molar-refractivity contribution < 1.29 is 9.59 Å². The molecule has 6 N–H and O–H groups in total. The van der Waals surface area contributed by atoms with E-state index in [0.29, 0.717) is 19.6 Å². The molecule has 0 bridgehead atoms. The largest absolute Gasteiger partial charge is 0.346 e. The third-order valence-corrected chi connectivity index (χ3v) is 9.13. The van der Waals surface area contributed by atoms with Crippen molar-refractivity contribution in [1.82, 2.24) is 20.4 Å². The lowest BCUT2D eigenvalue weighted by molar-refractivity contribution is -0.132. The number of unbranched alkanes of at least 4 members (excludes halogenated alkanes) is 22. The quantitative estimate of drug-likeness (QED) is 0.0530. The fraction of sp³-hybridized carbons (Fsp3) is 0.947. The first kappa shape index (κ1) is 44.8. The summed E-state index contributed by atoms with van der Waals surface area (Å²) < 4.78 is 0. The van der Waals surface area contributed by atoms with Crippen molar-refractivity contribution in [3.63, 3.8) is 0 Å². The van der Waals surface area contributed by atoms with Crippen LogP contribution < -0.4 is 22.1 Å². The number of hydrogen-bond acceptors (Lipinski definition) is 6. The van der Waals surface area contributed by atoms with Crippen molar-refractivity contribution in [2.24, 2.45) is 11.5 Å². The van der Waals surface area contributed by atoms with Crippen LogP contribution in [0.15, 0.2) is 0 Å². The molecule has 274 valence electrons. The van der Waals surface area contributed by atoms with Crippen LogP contribution in [0.1, 0.15) is 168 Å². The van der Waals surface area contributed by atoms with Crippen LogP contribution >= 0.6 is 0 Å². The summed E-state index contributed by atoms with van der Waals surface area (Å²) in [6.07, 6.45) is 31.6. The third kappa shape index (κ3) is 31.4. The molecule has 0 heterocycles. The van der Waals surface area contributed by atoms with E-state index in [1.54, 1.807) is 0 Å². The Morgan fingerprint density at radius 3 is 1.22 bits per heavy atom. The molecule has 46 heavy (non-hydrogen) atoms. The first-order valence-corrected chi connectivity index (χ1v) is 20.0. The highest BCUT2D eigenvalue weighted by Crippen LogP contribution is 2.14. The molecule has 0 aliphatic carbocycles. The highest BCUT2D eigenvalue weighted by molar-refractivity contribution is 5.85. The molecule has 0 aromatic rings. The molecule has 0 spiro atoms. The van der Waals surface area contributed by atoms with Crippen molar-refractivity contribution in [2.45, 2.75) is 168 Å². The second-order valence-corrected chi connectivity index (χ2v) is 13.5. The normalized spacial score (nSPS) is 11.4. The van der Waals surface area contributed by atoms with Crippen molar-refractivity contribution >= 4 is 11.8 Å². The Morgan fingerprint density at radius 1 is 0.478 bits per heavy atom. The minimum Gasteiger partial charge on any atom is -0.346 e. The summed E-state index contributed by atoms with van der Waals surface area (Å²) in [6, 6.07) is 0. The minimum absolute atomic E-state index is 0.0524. The molecular formula is C38H80N6O2. The van der Waals surface area contributed by atoms with Gasteiger partial charge in [0.2, 0.25) is 11.8 Å². The molecule has 0 rings (SSSR count). The van der Waals surface area contributed by atoms with Crippen LogP contribution in [0.5, 0.6) is 0 Å². The zero-order valence-electron chi connectivity index (χ0n) is 30.9. The SMILES string of the molecule is CCCCCCCCCCCCCCN(CCCCCCCCCCCCCC)C(=O)CNC(=O)CNCCN(CCN)CCN. The Bertz CT molecular complexity index is 617. The fourth-order valence-electron chi connectivity index (χ4n) is 6.14. The van der Waals surface area contributed by atoms with E-state index in [2.05, 4.69) is 29.4 Å². The molecule has 0 aliphatic rings. The topological polar surface area (TPSA) is 117 Å². The standard InChI is InChI=1S/C38H80N6O2/c1-3-5-7-9-11-13-15-17-19-21-23-25-30-44(31-26-24-22-20-18-16-14-12-10-8-6-4-2)38(46)36-42-37(45)35-41-29-34-43(32-27-39)33-28-40/h41H,3-36,39-40H2,1-2H3,(H,42,45). The summed E-state index contributed by atoms with van der Waals surface area (Å²) in [4.78, 5) is 29.8. The number of nitrogens with two attached hydrogens (primary N) is 2. The van der Waals surface area contributed by atoms with Gasteiger partial charge < -0.3 is 27.0 Å². The van der Waals surface area contributed by atoms with Gasteiger partial charge in [-0.1, -0.05) is 155 Å². The molecule has 2 amide bonds. The molecular weight excluding hydrogens is 572 g/mol. The lowest BCUT2D eigenvalue weighted by atomic mass is 10.0. The van der Waals surface area contributed by atoms with E-state index in [0.717, 1.165) is 45.6 Å². The van der Waals surface area contributed by atoms with E-state index in [1.165, 1.54) is 141 Å². The molecule has 8 heteroatoms. The summed E-state index contributed by atoms with van der Waals surface area (Å²) in [5.74, 6) is -0.0789. The molecule has 0 aromatic heterocycles. The van der Waals surface area contributed by atoms with Crippen LogP contribution in [-0.2, 0) is 9.59 Å². The molecule has 0 radical (unpaired) electrons. The van der Waals surface area contributed by atoms with Crippen LogP contribution in [-0.4, -0.2) is 87.1 Å². The van der Waals surface area contributed by atoms with Gasteiger partial charge in [-0.15, -0.1) is 0 Å². The van der Waals surface area contributed by atoms with Crippen LogP contribution in [0, 0.1) is 0 Å². The number of amides is 2. The molecule has 0 aliphatic heterocycles. The monoisotopic (exact) mass is 653 g/mol. The number of carbonyl (C=O) groups is 2. The Labute approximate surface area is 286 Å². The van der Waals surface area contributed by atoms with Gasteiger partial charge >= 0.3 is 0 Å². The number of hydrogen-bond donors (Lipinski definition) is 4. The number of rotatable bonds is 37. The van der Waals surface area contributed by atoms with Gasteiger partial charge in [-0.05, 0) is 12.8 Å². The Hall–Kier alpha value is -1.22. The van der Waals surface area contributed by atoms with Gasteiger partial charge in [-0.3, -0.25) is 14.5 Å². The Morgan fingerprint density at radius 2 is 0.848 bits per heavy atom. The molecule has 0 aromatic carbocycles. The Kier molecular flexibility index (Phi) is 35.6. The predicted octanol–water partition coefficient (Wildman–Crippen LogP) is 7.14. The average Bonchev–Trinajstić information content (AvgIpc) is 3.05. The first-order valence-electron chi connectivity index (χ1n) is 20.0. The van der Waals surface area contributed by atoms with Gasteiger partial charge in [-0.25, -0.2) is 0 Å². The molecule has 0 atom stereocenters. The highest BCUT2D eigenvalue weighted by atomic mass is 16.2. The van der Waals surface area contributed by atoms with Gasteiger partial charge in [0.05, 0.1) is 13.1 Å². The summed E-state index contributed by atoms with van der Waals surface area (Å²) in [7, 11) is 0. The zero-order chi connectivity index (χ0) is 33.8. The average molecular weight is 653 g/mol. The van der Waals surface area contributed by atoms with Crippen LogP contribution in [0.4, 0.5) is 0 Å². The van der Waals surface area contributed by atoms with Crippen molar-refractivity contribution in [3.8, 4) is 0 Å². The maximum absolute atomic E-state index is 13.1. The second kappa shape index (κ2) is 36.6. The Balaban J connectivity index is 4.31. The van der Waals surface area contributed by atoms with Crippen molar-refractivity contribution in [3.05, 3.63) is 0 Å². The molecule has 0 saturated carbocycles. The maximum Gasteiger partial charge on any atom is 0.241 e. The van der Waals surface area contributed by atoms with Crippen molar-refractivity contribution in [1.29, 1.82) is 0 Å². The van der Waals surface area contributed by atoms with Crippen LogP contribution in [0.25, 0.3) is 0 Å². The first-order chi connectivity index (χ1) is 22.6. The summed E-state index contributed by atoms with van der Waals surface area (Å²) in [6.45, 7) is 10.7. The summed E-state index contributed by atoms with van der Waals surface area (Å²) >= 11 is 0. The lowest BCUT2D eigenvalue weighted by Gasteiger charge is -2.23. The lowest BCUT2D eigenvalue weighted by Crippen LogP contribution is -2.44. The molecule has 0 saturated heterocycles. The van der Waals surface area contributed by atoms with E-state index in [1.807, 2.05) is 4.90 Å². The molecule has 8 nitrogen and oxygen atoms in total. The number of nitrogens with one attached hydrogen (secondary N) is 2.